The summed E-state index contributed by atoms with van der Waals surface area (Å²) < 4.78 is 88.4. The van der Waals surface area contributed by atoms with Crippen molar-refractivity contribution < 1.29 is 45.3 Å². The molecule has 2 aromatic rings. The highest BCUT2D eigenvalue weighted by Crippen LogP contribution is 2.36. The highest BCUT2D eigenvalue weighted by molar-refractivity contribution is 7.88. The molecule has 16 heteroatoms. The Morgan fingerprint density at radius 2 is 1.90 bits per heavy atom. The first-order chi connectivity index (χ1) is 19.5. The number of ether oxygens (including phenoxy) is 4. The number of carbonyl (C=O) groups excluding carboxylic acids is 1. The summed E-state index contributed by atoms with van der Waals surface area (Å²) in [6.45, 7) is 2.99. The van der Waals surface area contributed by atoms with E-state index in [-0.39, 0.29) is 42.8 Å². The first-order valence-electron chi connectivity index (χ1n) is 12.8. The average molecular weight is 625 g/mol. The highest BCUT2D eigenvalue weighted by atomic mass is 35.5. The van der Waals surface area contributed by atoms with E-state index in [0.717, 1.165) is 25.9 Å². The van der Waals surface area contributed by atoms with E-state index < -0.39 is 28.0 Å². The number of carbonyl (C=O) groups is 1. The number of nitrogens with one attached hydrogen (secondary N) is 2. The minimum absolute atomic E-state index is 0.125. The van der Waals surface area contributed by atoms with Gasteiger partial charge in [0.1, 0.15) is 23.1 Å². The Morgan fingerprint density at radius 3 is 2.59 bits per heavy atom. The molecule has 0 atom stereocenters. The predicted molar refractivity (Wildman–Crippen MR) is 144 cm³/mol. The summed E-state index contributed by atoms with van der Waals surface area (Å²) >= 11 is 6.00. The van der Waals surface area contributed by atoms with Crippen LogP contribution in [0, 0.1) is 0 Å². The van der Waals surface area contributed by atoms with Crippen molar-refractivity contribution >= 4 is 27.9 Å². The summed E-state index contributed by atoms with van der Waals surface area (Å²) in [4.78, 5) is 17.8. The maximum atomic E-state index is 13.0. The molecule has 0 unspecified atom stereocenters. The SMILES string of the molecule is COCCOc1ccc(CCCOC(=O)NS(=O)(=O)NCCN2CCCC2)c(Oc2ncc(C(F)(F)F)cc2Cl)c1. The Balaban J connectivity index is 1.56. The van der Waals surface area contributed by atoms with Crippen LogP contribution in [0.15, 0.2) is 30.5 Å². The standard InChI is InChI=1S/C25H32ClF3N4O7S/c1-37-13-14-38-20-7-6-18(22(16-20)40-23-21(26)15-19(17-30-23)25(27,28)29)5-4-12-39-24(34)32-41(35,36)31-8-11-33-9-2-3-10-33/h6-7,15-17,31H,2-5,8-14H2,1H3,(H,32,34). The van der Waals surface area contributed by atoms with Crippen LogP contribution in [0.2, 0.25) is 5.02 Å². The molecule has 0 aliphatic carbocycles. The second-order valence-electron chi connectivity index (χ2n) is 9.01. The Morgan fingerprint density at radius 1 is 1.15 bits per heavy atom. The summed E-state index contributed by atoms with van der Waals surface area (Å²) in [6, 6.07) is 5.57. The average Bonchev–Trinajstić information content (AvgIpc) is 3.41. The van der Waals surface area contributed by atoms with Crippen LogP contribution in [-0.4, -0.2) is 77.5 Å². The number of rotatable bonds is 15. The summed E-state index contributed by atoms with van der Waals surface area (Å²) in [5.74, 6) is 0.373. The molecule has 0 saturated carbocycles. The van der Waals surface area contributed by atoms with Crippen LogP contribution in [0.1, 0.15) is 30.4 Å². The molecule has 1 aromatic carbocycles. The van der Waals surface area contributed by atoms with E-state index in [1.165, 1.54) is 13.2 Å². The van der Waals surface area contributed by atoms with E-state index >= 15 is 0 Å². The van der Waals surface area contributed by atoms with Gasteiger partial charge in [-0.3, -0.25) is 0 Å². The fraction of sp³-hybridized carbons (Fsp3) is 0.520. The third-order valence-electron chi connectivity index (χ3n) is 5.90. The van der Waals surface area contributed by atoms with Gasteiger partial charge in [-0.15, -0.1) is 0 Å². The fourth-order valence-electron chi connectivity index (χ4n) is 3.88. The molecule has 1 fully saturated rings. The highest BCUT2D eigenvalue weighted by Gasteiger charge is 2.32. The molecule has 0 radical (unpaired) electrons. The lowest BCUT2D eigenvalue weighted by Crippen LogP contribution is -2.43. The second-order valence-corrected chi connectivity index (χ2v) is 10.9. The topological polar surface area (TPSA) is 128 Å². The normalized spacial score (nSPS) is 14.2. The number of aromatic nitrogens is 1. The molecule has 1 amide bonds. The zero-order valence-electron chi connectivity index (χ0n) is 22.3. The van der Waals surface area contributed by atoms with Gasteiger partial charge >= 0.3 is 22.5 Å². The zero-order chi connectivity index (χ0) is 29.9. The molecule has 41 heavy (non-hydrogen) atoms. The summed E-state index contributed by atoms with van der Waals surface area (Å²) in [6.07, 6.45) is -2.41. The van der Waals surface area contributed by atoms with Crippen molar-refractivity contribution in [3.8, 4) is 17.4 Å². The lowest BCUT2D eigenvalue weighted by molar-refractivity contribution is -0.137. The number of hydrogen-bond donors (Lipinski definition) is 2. The first kappa shape index (κ1) is 32.7. The van der Waals surface area contributed by atoms with Crippen LogP contribution in [0.5, 0.6) is 17.4 Å². The smallest absolute Gasteiger partial charge is 0.421 e. The molecule has 0 bridgehead atoms. The van der Waals surface area contributed by atoms with Gasteiger partial charge in [0.05, 0.1) is 18.8 Å². The molecule has 2 N–H and O–H groups in total. The number of alkyl halides is 3. The van der Waals surface area contributed by atoms with Crippen molar-refractivity contribution in [2.24, 2.45) is 0 Å². The summed E-state index contributed by atoms with van der Waals surface area (Å²) in [7, 11) is -2.55. The van der Waals surface area contributed by atoms with Crippen molar-refractivity contribution in [1.82, 2.24) is 19.3 Å². The van der Waals surface area contributed by atoms with E-state index in [9.17, 15) is 26.4 Å². The summed E-state index contributed by atoms with van der Waals surface area (Å²) in [5, 5.41) is -0.341. The number of amides is 1. The van der Waals surface area contributed by atoms with Crippen molar-refractivity contribution in [2.75, 3.05) is 53.1 Å². The Hall–Kier alpha value is -2.85. The Labute approximate surface area is 241 Å². The van der Waals surface area contributed by atoms with E-state index in [4.69, 9.17) is 30.5 Å². The van der Waals surface area contributed by atoms with Crippen molar-refractivity contribution in [1.29, 1.82) is 0 Å². The Kier molecular flexibility index (Phi) is 12.3. The van der Waals surface area contributed by atoms with Gasteiger partial charge in [0.15, 0.2) is 0 Å². The third-order valence-corrected chi connectivity index (χ3v) is 7.19. The molecule has 3 rings (SSSR count). The molecule has 1 aliphatic rings. The van der Waals surface area contributed by atoms with Crippen molar-refractivity contribution in [3.63, 3.8) is 0 Å². The first-order valence-corrected chi connectivity index (χ1v) is 14.6. The molecule has 0 spiro atoms. The number of halogens is 4. The predicted octanol–water partition coefficient (Wildman–Crippen LogP) is 4.16. The largest absolute Gasteiger partial charge is 0.491 e. The molecule has 228 valence electrons. The number of nitrogens with zero attached hydrogens (tertiary/aromatic N) is 2. The fourth-order valence-corrected chi connectivity index (χ4v) is 4.79. The van der Waals surface area contributed by atoms with Gasteiger partial charge in [-0.25, -0.2) is 14.5 Å². The molecule has 1 saturated heterocycles. The van der Waals surface area contributed by atoms with Gasteiger partial charge in [-0.2, -0.15) is 26.3 Å². The number of pyridine rings is 1. The van der Waals surface area contributed by atoms with Gasteiger partial charge in [0, 0.05) is 32.5 Å². The summed E-state index contributed by atoms with van der Waals surface area (Å²) in [5.41, 5.74) is -0.437. The van der Waals surface area contributed by atoms with E-state index in [1.807, 2.05) is 0 Å². The lowest BCUT2D eigenvalue weighted by atomic mass is 10.1. The van der Waals surface area contributed by atoms with Crippen molar-refractivity contribution in [3.05, 3.63) is 46.6 Å². The number of methoxy groups -OCH3 is 1. The van der Waals surface area contributed by atoms with Gasteiger partial charge in [-0.1, -0.05) is 17.7 Å². The molecule has 1 aliphatic heterocycles. The molecular formula is C25H32ClF3N4O7S. The van der Waals surface area contributed by atoms with Crippen LogP contribution in [-0.2, 0) is 32.3 Å². The quantitative estimate of drug-likeness (QED) is 0.281. The van der Waals surface area contributed by atoms with Crippen LogP contribution in [0.3, 0.4) is 0 Å². The number of benzene rings is 1. The zero-order valence-corrected chi connectivity index (χ0v) is 23.9. The van der Waals surface area contributed by atoms with Crippen LogP contribution >= 0.6 is 11.6 Å². The molecule has 1 aromatic heterocycles. The molecular weight excluding hydrogens is 593 g/mol. The van der Waals surface area contributed by atoms with E-state index in [0.29, 0.717) is 43.1 Å². The van der Waals surface area contributed by atoms with Gasteiger partial charge < -0.3 is 23.8 Å². The van der Waals surface area contributed by atoms with E-state index in [1.54, 1.807) is 16.9 Å². The van der Waals surface area contributed by atoms with Gasteiger partial charge in [-0.05, 0) is 56.5 Å². The van der Waals surface area contributed by atoms with Crippen LogP contribution in [0.25, 0.3) is 0 Å². The van der Waals surface area contributed by atoms with Crippen molar-refractivity contribution in [2.45, 2.75) is 31.9 Å². The van der Waals surface area contributed by atoms with Gasteiger partial charge in [0.25, 0.3) is 0 Å². The molecule has 11 nitrogen and oxygen atoms in total. The third kappa shape index (κ3) is 11.2. The minimum atomic E-state index is -4.62. The molecule has 2 heterocycles. The number of hydrogen-bond acceptors (Lipinski definition) is 9. The Bertz CT molecular complexity index is 1260. The maximum Gasteiger partial charge on any atom is 0.421 e. The maximum absolute atomic E-state index is 13.0. The lowest BCUT2D eigenvalue weighted by Gasteiger charge is -2.15. The van der Waals surface area contributed by atoms with Crippen LogP contribution < -0.4 is 18.9 Å². The minimum Gasteiger partial charge on any atom is -0.491 e. The number of likely N-dealkylation sites (tertiary alicyclic amines) is 1. The van der Waals surface area contributed by atoms with E-state index in [2.05, 4.69) is 14.6 Å². The van der Waals surface area contributed by atoms with Crippen LogP contribution in [0.4, 0.5) is 18.0 Å². The second kappa shape index (κ2) is 15.4. The van der Waals surface area contributed by atoms with Gasteiger partial charge in [0.2, 0.25) is 5.88 Å². The monoisotopic (exact) mass is 624 g/mol. The number of aryl methyl sites for hydroxylation is 1.